The molecule has 1 amide bonds. The van der Waals surface area contributed by atoms with Crippen LogP contribution in [0.4, 0.5) is 0 Å². The molecule has 88 valence electrons. The van der Waals surface area contributed by atoms with E-state index in [0.29, 0.717) is 19.0 Å². The average Bonchev–Trinajstić information content (AvgIpc) is 2.68. The van der Waals surface area contributed by atoms with Gasteiger partial charge in [0, 0.05) is 13.2 Å². The molecule has 1 aromatic heterocycles. The normalized spacial score (nSPS) is 10.9. The number of methoxy groups -OCH3 is 1. The second-order valence-corrected chi connectivity index (χ2v) is 3.09. The lowest BCUT2D eigenvalue weighted by Crippen LogP contribution is -2.23. The first-order valence-corrected chi connectivity index (χ1v) is 4.87. The Labute approximate surface area is 94.0 Å². The molecule has 1 aromatic rings. The van der Waals surface area contributed by atoms with Gasteiger partial charge in [-0.2, -0.15) is 0 Å². The molecule has 0 aliphatic rings. The smallest absolute Gasteiger partial charge is 0.267 e. The summed E-state index contributed by atoms with van der Waals surface area (Å²) in [5.74, 6) is 1.09. The second-order valence-electron chi connectivity index (χ2n) is 3.09. The lowest BCUT2D eigenvalue weighted by atomic mass is 10.4. The van der Waals surface area contributed by atoms with Gasteiger partial charge in [0.05, 0.1) is 13.2 Å². The first-order valence-electron chi connectivity index (χ1n) is 4.87. The zero-order chi connectivity index (χ0) is 11.8. The highest BCUT2D eigenvalue weighted by Gasteiger charge is 1.97. The highest BCUT2D eigenvalue weighted by molar-refractivity contribution is 5.90. The average molecular weight is 225 g/mol. The molecule has 0 spiro atoms. The van der Waals surface area contributed by atoms with Crippen LogP contribution in [0.1, 0.15) is 11.5 Å². The van der Waals surface area contributed by atoms with Crippen molar-refractivity contribution < 1.29 is 18.8 Å². The van der Waals surface area contributed by atoms with Gasteiger partial charge >= 0.3 is 0 Å². The minimum atomic E-state index is -0.342. The molecule has 5 nitrogen and oxygen atoms in total. The van der Waals surface area contributed by atoms with Crippen molar-refractivity contribution >= 4 is 12.0 Å². The van der Waals surface area contributed by atoms with E-state index in [1.165, 1.54) is 6.08 Å². The van der Waals surface area contributed by atoms with Crippen molar-refractivity contribution in [2.24, 2.45) is 0 Å². The topological polar surface area (TPSA) is 60.7 Å². The van der Waals surface area contributed by atoms with Crippen molar-refractivity contribution in [3.8, 4) is 0 Å². The summed E-state index contributed by atoms with van der Waals surface area (Å²) in [4.78, 5) is 16.0. The molecule has 0 aromatic carbocycles. The molecule has 0 aliphatic carbocycles. The third kappa shape index (κ3) is 4.77. The number of nitrogens with one attached hydrogen (secondary N) is 1. The van der Waals surface area contributed by atoms with E-state index in [9.17, 15) is 4.79 Å². The minimum Gasteiger partial charge on any atom is -0.462 e. The van der Waals surface area contributed by atoms with Crippen LogP contribution in [-0.4, -0.2) is 26.2 Å². The molecule has 0 aliphatic heterocycles. The molecular weight excluding hydrogens is 210 g/mol. The van der Waals surface area contributed by atoms with Crippen molar-refractivity contribution in [3.05, 3.63) is 29.7 Å². The number of hydrogen-bond acceptors (Lipinski definition) is 4. The summed E-state index contributed by atoms with van der Waals surface area (Å²) in [6, 6.07) is 3.61. The highest BCUT2D eigenvalue weighted by Crippen LogP contribution is 2.07. The van der Waals surface area contributed by atoms with Gasteiger partial charge in [-0.1, -0.05) is 0 Å². The quantitative estimate of drug-likeness (QED) is 0.450. The zero-order valence-electron chi connectivity index (χ0n) is 9.36. The molecule has 1 heterocycles. The summed E-state index contributed by atoms with van der Waals surface area (Å²) in [7, 11) is 1.56. The van der Waals surface area contributed by atoms with E-state index in [2.05, 4.69) is 5.48 Å². The van der Waals surface area contributed by atoms with Gasteiger partial charge in [-0.3, -0.25) is 9.63 Å². The summed E-state index contributed by atoms with van der Waals surface area (Å²) < 4.78 is 10.00. The molecule has 1 rings (SSSR count). The number of ether oxygens (including phenoxy) is 1. The van der Waals surface area contributed by atoms with Gasteiger partial charge in [0.15, 0.2) is 0 Å². The molecule has 0 bridgehead atoms. The van der Waals surface area contributed by atoms with E-state index in [0.717, 1.165) is 5.76 Å². The van der Waals surface area contributed by atoms with Crippen molar-refractivity contribution in [1.82, 2.24) is 5.48 Å². The lowest BCUT2D eigenvalue weighted by molar-refractivity contribution is -0.129. The van der Waals surface area contributed by atoms with Gasteiger partial charge in [-0.25, -0.2) is 5.48 Å². The Morgan fingerprint density at radius 1 is 1.50 bits per heavy atom. The maximum absolute atomic E-state index is 11.2. The number of hydroxylamine groups is 1. The SMILES string of the molecule is COCCONC(=O)/C=C/c1ccc(C)o1. The van der Waals surface area contributed by atoms with Gasteiger partial charge in [-0.15, -0.1) is 0 Å². The predicted octanol–water partition coefficient (Wildman–Crippen LogP) is 1.30. The van der Waals surface area contributed by atoms with Crippen LogP contribution in [0.5, 0.6) is 0 Å². The molecule has 16 heavy (non-hydrogen) atoms. The van der Waals surface area contributed by atoms with Crippen LogP contribution in [0, 0.1) is 6.92 Å². The zero-order valence-corrected chi connectivity index (χ0v) is 9.36. The highest BCUT2D eigenvalue weighted by atomic mass is 16.7. The maximum Gasteiger partial charge on any atom is 0.267 e. The number of amides is 1. The summed E-state index contributed by atoms with van der Waals surface area (Å²) in [5, 5.41) is 0. The Hall–Kier alpha value is -1.59. The van der Waals surface area contributed by atoms with Crippen LogP contribution in [0.15, 0.2) is 22.6 Å². The third-order valence-electron chi connectivity index (χ3n) is 1.72. The van der Waals surface area contributed by atoms with Crippen molar-refractivity contribution in [3.63, 3.8) is 0 Å². The first-order chi connectivity index (χ1) is 7.72. The van der Waals surface area contributed by atoms with E-state index in [1.807, 2.05) is 13.0 Å². The molecule has 0 unspecified atom stereocenters. The number of carbonyl (C=O) groups is 1. The van der Waals surface area contributed by atoms with E-state index >= 15 is 0 Å². The fourth-order valence-electron chi connectivity index (χ4n) is 0.982. The van der Waals surface area contributed by atoms with Crippen LogP contribution in [-0.2, 0) is 14.4 Å². The van der Waals surface area contributed by atoms with E-state index < -0.39 is 0 Å². The molecule has 0 atom stereocenters. The van der Waals surface area contributed by atoms with Crippen molar-refractivity contribution in [1.29, 1.82) is 0 Å². The summed E-state index contributed by atoms with van der Waals surface area (Å²) in [6.45, 7) is 2.59. The van der Waals surface area contributed by atoms with Crippen LogP contribution in [0.3, 0.4) is 0 Å². The Bertz CT molecular complexity index is 357. The van der Waals surface area contributed by atoms with Gasteiger partial charge in [0.2, 0.25) is 0 Å². The Balaban J connectivity index is 2.26. The predicted molar refractivity (Wildman–Crippen MR) is 58.4 cm³/mol. The maximum atomic E-state index is 11.2. The van der Waals surface area contributed by atoms with Gasteiger partial charge in [-0.05, 0) is 25.1 Å². The van der Waals surface area contributed by atoms with Crippen molar-refractivity contribution in [2.75, 3.05) is 20.3 Å². The molecule has 5 heteroatoms. The molecule has 0 saturated heterocycles. The molecular formula is C11H15NO4. The number of carbonyl (C=O) groups excluding carboxylic acids is 1. The van der Waals surface area contributed by atoms with Crippen molar-refractivity contribution in [2.45, 2.75) is 6.92 Å². The van der Waals surface area contributed by atoms with E-state index in [4.69, 9.17) is 14.0 Å². The number of rotatable bonds is 6. The second kappa shape index (κ2) is 6.81. The fraction of sp³-hybridized carbons (Fsp3) is 0.364. The lowest BCUT2D eigenvalue weighted by Gasteiger charge is -2.01. The fourth-order valence-corrected chi connectivity index (χ4v) is 0.982. The molecule has 0 fully saturated rings. The largest absolute Gasteiger partial charge is 0.462 e. The van der Waals surface area contributed by atoms with Crippen LogP contribution in [0.2, 0.25) is 0 Å². The number of furan rings is 1. The monoisotopic (exact) mass is 225 g/mol. The summed E-state index contributed by atoms with van der Waals surface area (Å²) >= 11 is 0. The van der Waals surface area contributed by atoms with Crippen LogP contribution in [0.25, 0.3) is 6.08 Å². The first kappa shape index (κ1) is 12.5. The molecule has 0 radical (unpaired) electrons. The Morgan fingerprint density at radius 2 is 2.31 bits per heavy atom. The van der Waals surface area contributed by atoms with E-state index in [-0.39, 0.29) is 5.91 Å². The van der Waals surface area contributed by atoms with Crippen LogP contribution < -0.4 is 5.48 Å². The molecule has 1 N–H and O–H groups in total. The Morgan fingerprint density at radius 3 is 2.94 bits per heavy atom. The standard InChI is InChI=1S/C11H15NO4/c1-9-3-4-10(16-9)5-6-11(13)12-15-8-7-14-2/h3-6H,7-8H2,1-2H3,(H,12,13)/b6-5+. The van der Waals surface area contributed by atoms with Gasteiger partial charge < -0.3 is 9.15 Å². The van der Waals surface area contributed by atoms with Crippen LogP contribution >= 0.6 is 0 Å². The Kier molecular flexibility index (Phi) is 5.31. The number of aryl methyl sites for hydroxylation is 1. The minimum absolute atomic E-state index is 0.315. The summed E-state index contributed by atoms with van der Waals surface area (Å²) in [5.41, 5.74) is 2.25. The third-order valence-corrected chi connectivity index (χ3v) is 1.72. The number of hydrogen-bond donors (Lipinski definition) is 1. The summed E-state index contributed by atoms with van der Waals surface area (Å²) in [6.07, 6.45) is 2.91. The van der Waals surface area contributed by atoms with E-state index in [1.54, 1.807) is 19.3 Å². The van der Waals surface area contributed by atoms with Gasteiger partial charge in [0.1, 0.15) is 11.5 Å². The molecule has 0 saturated carbocycles. The van der Waals surface area contributed by atoms with Gasteiger partial charge in [0.25, 0.3) is 5.91 Å².